The highest BCUT2D eigenvalue weighted by Crippen LogP contribution is 2.12. The van der Waals surface area contributed by atoms with Crippen LogP contribution in [0.15, 0.2) is 0 Å². The first kappa shape index (κ1) is 26.9. The number of hydrogen-bond acceptors (Lipinski definition) is 4. The minimum atomic E-state index is -0.197. The molecule has 0 aliphatic heterocycles. The van der Waals surface area contributed by atoms with Gasteiger partial charge in [-0.3, -0.25) is 9.59 Å². The van der Waals surface area contributed by atoms with Crippen molar-refractivity contribution in [2.24, 2.45) is 11.8 Å². The van der Waals surface area contributed by atoms with Crippen LogP contribution in [0.3, 0.4) is 0 Å². The third kappa shape index (κ3) is 19.7. The quantitative estimate of drug-likeness (QED) is 0.187. The summed E-state index contributed by atoms with van der Waals surface area (Å²) in [5.74, 6) is 1.25. The first-order valence-corrected chi connectivity index (χ1v) is 11.7. The van der Waals surface area contributed by atoms with E-state index >= 15 is 0 Å². The van der Waals surface area contributed by atoms with Crippen molar-refractivity contribution >= 4 is 11.9 Å². The predicted octanol–water partition coefficient (Wildman–Crippen LogP) is 6.84. The summed E-state index contributed by atoms with van der Waals surface area (Å²) in [4.78, 5) is 23.6. The highest BCUT2D eigenvalue weighted by atomic mass is 16.6. The molecule has 0 rings (SSSR count). The zero-order valence-electron chi connectivity index (χ0n) is 19.3. The Bertz CT molecular complexity index is 390. The molecule has 0 N–H and O–H groups in total. The second kappa shape index (κ2) is 18.0. The molecule has 0 bridgehead atoms. The van der Waals surface area contributed by atoms with Gasteiger partial charge in [-0.2, -0.15) is 0 Å². The van der Waals surface area contributed by atoms with Crippen LogP contribution in [0, 0.1) is 11.8 Å². The number of hydrogen-bond donors (Lipinski definition) is 0. The first-order valence-electron chi connectivity index (χ1n) is 11.7. The van der Waals surface area contributed by atoms with Crippen molar-refractivity contribution in [3.8, 4) is 0 Å². The van der Waals surface area contributed by atoms with E-state index in [1.807, 2.05) is 6.92 Å². The van der Waals surface area contributed by atoms with Gasteiger partial charge in [-0.25, -0.2) is 0 Å². The molecule has 0 aliphatic rings. The molecule has 0 aliphatic carbocycles. The molecule has 0 aromatic rings. The third-order valence-corrected chi connectivity index (χ3v) is 4.94. The lowest BCUT2D eigenvalue weighted by atomic mass is 10.0. The zero-order valence-corrected chi connectivity index (χ0v) is 19.3. The maximum absolute atomic E-state index is 11.8. The Hall–Kier alpha value is -1.06. The number of ether oxygens (including phenoxy) is 2. The van der Waals surface area contributed by atoms with Crippen molar-refractivity contribution in [3.63, 3.8) is 0 Å². The molecule has 0 heterocycles. The Labute approximate surface area is 174 Å². The van der Waals surface area contributed by atoms with E-state index in [-0.39, 0.29) is 18.0 Å². The van der Waals surface area contributed by atoms with Gasteiger partial charge >= 0.3 is 11.9 Å². The van der Waals surface area contributed by atoms with E-state index in [0.29, 0.717) is 25.9 Å². The maximum atomic E-state index is 11.8. The molecule has 1 unspecified atom stereocenters. The number of esters is 2. The van der Waals surface area contributed by atoms with Gasteiger partial charge in [0, 0.05) is 19.3 Å². The topological polar surface area (TPSA) is 52.6 Å². The van der Waals surface area contributed by atoms with Crippen LogP contribution in [0.5, 0.6) is 0 Å². The van der Waals surface area contributed by atoms with Crippen LogP contribution >= 0.6 is 0 Å². The van der Waals surface area contributed by atoms with Gasteiger partial charge in [-0.1, -0.05) is 79.1 Å². The minimum Gasteiger partial charge on any atom is -0.466 e. The maximum Gasteiger partial charge on any atom is 0.306 e. The minimum absolute atomic E-state index is 0.135. The Morgan fingerprint density at radius 1 is 0.607 bits per heavy atom. The predicted molar refractivity (Wildman–Crippen MR) is 116 cm³/mol. The monoisotopic (exact) mass is 398 g/mol. The van der Waals surface area contributed by atoms with Crippen LogP contribution in [0.1, 0.15) is 118 Å². The molecule has 0 radical (unpaired) electrons. The van der Waals surface area contributed by atoms with Gasteiger partial charge < -0.3 is 9.47 Å². The van der Waals surface area contributed by atoms with Crippen LogP contribution < -0.4 is 0 Å². The van der Waals surface area contributed by atoms with Crippen molar-refractivity contribution in [3.05, 3.63) is 0 Å². The fraction of sp³-hybridized carbons (Fsp3) is 0.917. The molecular weight excluding hydrogens is 352 g/mol. The Balaban J connectivity index is 3.53. The summed E-state index contributed by atoms with van der Waals surface area (Å²) in [6, 6.07) is 0. The van der Waals surface area contributed by atoms with Gasteiger partial charge in [0.05, 0.1) is 6.61 Å². The lowest BCUT2D eigenvalue weighted by Crippen LogP contribution is -2.18. The Morgan fingerprint density at radius 2 is 1.07 bits per heavy atom. The number of unbranched alkanes of at least 4 members (excludes halogenated alkanes) is 6. The molecular formula is C24H46O4. The van der Waals surface area contributed by atoms with Gasteiger partial charge in [0.25, 0.3) is 0 Å². The van der Waals surface area contributed by atoms with Crippen LogP contribution in [0.4, 0.5) is 0 Å². The third-order valence-electron chi connectivity index (χ3n) is 4.94. The van der Waals surface area contributed by atoms with E-state index in [0.717, 1.165) is 37.5 Å². The number of carbonyl (C=O) groups is 2. The van der Waals surface area contributed by atoms with E-state index < -0.39 is 0 Å². The molecule has 0 saturated heterocycles. The lowest BCUT2D eigenvalue weighted by Gasteiger charge is -2.13. The van der Waals surface area contributed by atoms with Crippen molar-refractivity contribution in [2.75, 3.05) is 6.61 Å². The average molecular weight is 399 g/mol. The Kier molecular flexibility index (Phi) is 17.3. The van der Waals surface area contributed by atoms with E-state index in [1.165, 1.54) is 38.5 Å². The largest absolute Gasteiger partial charge is 0.466 e. The van der Waals surface area contributed by atoms with Crippen molar-refractivity contribution in [1.82, 2.24) is 0 Å². The molecule has 0 amide bonds. The normalized spacial score (nSPS) is 12.4. The molecule has 0 fully saturated rings. The van der Waals surface area contributed by atoms with Crippen LogP contribution in [-0.2, 0) is 19.1 Å². The molecule has 0 aromatic heterocycles. The van der Waals surface area contributed by atoms with Gasteiger partial charge in [0.2, 0.25) is 0 Å². The van der Waals surface area contributed by atoms with E-state index in [4.69, 9.17) is 9.47 Å². The summed E-state index contributed by atoms with van der Waals surface area (Å²) in [6.45, 7) is 11.2. The van der Waals surface area contributed by atoms with E-state index in [1.54, 1.807) is 0 Å². The van der Waals surface area contributed by atoms with Gasteiger partial charge in [0.1, 0.15) is 6.10 Å². The standard InChI is InChI=1S/C24H46O4/c1-20(2)14-10-6-8-12-16-23(25)27-19-18-22(5)28-24(26)17-13-9-7-11-15-21(3)4/h20-22H,6-19H2,1-5H3. The smallest absolute Gasteiger partial charge is 0.306 e. The molecule has 166 valence electrons. The van der Waals surface area contributed by atoms with Crippen molar-refractivity contribution in [2.45, 2.75) is 124 Å². The average Bonchev–Trinajstić information content (AvgIpc) is 2.60. The number of carbonyl (C=O) groups excluding carboxylic acids is 2. The van der Waals surface area contributed by atoms with Gasteiger partial charge in [-0.05, 0) is 31.6 Å². The summed E-state index contributed by atoms with van der Waals surface area (Å²) in [7, 11) is 0. The molecule has 4 heteroatoms. The second-order valence-corrected chi connectivity index (χ2v) is 9.00. The van der Waals surface area contributed by atoms with Gasteiger partial charge in [-0.15, -0.1) is 0 Å². The van der Waals surface area contributed by atoms with Crippen LogP contribution in [0.2, 0.25) is 0 Å². The summed E-state index contributed by atoms with van der Waals surface area (Å²) < 4.78 is 10.6. The fourth-order valence-corrected chi connectivity index (χ4v) is 3.10. The molecule has 0 saturated carbocycles. The first-order chi connectivity index (χ1) is 13.3. The van der Waals surface area contributed by atoms with Crippen LogP contribution in [0.25, 0.3) is 0 Å². The summed E-state index contributed by atoms with van der Waals surface area (Å²) >= 11 is 0. The van der Waals surface area contributed by atoms with E-state index in [2.05, 4.69) is 27.7 Å². The summed E-state index contributed by atoms with van der Waals surface area (Å²) in [5, 5.41) is 0. The summed E-state index contributed by atoms with van der Waals surface area (Å²) in [5.41, 5.74) is 0. The lowest BCUT2D eigenvalue weighted by molar-refractivity contribution is -0.150. The highest BCUT2D eigenvalue weighted by molar-refractivity contribution is 5.69. The SMILES string of the molecule is CC(C)CCCCCCC(=O)OCCC(C)OC(=O)CCCCCCC(C)C. The van der Waals surface area contributed by atoms with E-state index in [9.17, 15) is 9.59 Å². The number of rotatable bonds is 18. The van der Waals surface area contributed by atoms with Crippen molar-refractivity contribution in [1.29, 1.82) is 0 Å². The van der Waals surface area contributed by atoms with Gasteiger partial charge in [0.15, 0.2) is 0 Å². The fourth-order valence-electron chi connectivity index (χ4n) is 3.10. The molecule has 4 nitrogen and oxygen atoms in total. The summed E-state index contributed by atoms with van der Waals surface area (Å²) in [6.07, 6.45) is 12.7. The second-order valence-electron chi connectivity index (χ2n) is 9.00. The molecule has 1 atom stereocenters. The molecule has 0 spiro atoms. The van der Waals surface area contributed by atoms with Crippen molar-refractivity contribution < 1.29 is 19.1 Å². The molecule has 28 heavy (non-hydrogen) atoms. The van der Waals surface area contributed by atoms with Crippen LogP contribution in [-0.4, -0.2) is 24.6 Å². The highest BCUT2D eigenvalue weighted by Gasteiger charge is 2.11. The zero-order chi connectivity index (χ0) is 21.2. The Morgan fingerprint density at radius 3 is 1.57 bits per heavy atom. The molecule has 0 aromatic carbocycles.